The number of benzene rings is 3. The van der Waals surface area contributed by atoms with Gasteiger partial charge in [-0.25, -0.2) is 9.98 Å². The number of anilines is 1. The Morgan fingerprint density at radius 2 is 1.70 bits per heavy atom. The number of aryl methyl sites for hydroxylation is 1. The maximum Gasteiger partial charge on any atom is 0.190 e. The fraction of sp³-hybridized carbons (Fsp3) is 0.125. The topological polar surface area (TPSA) is 68.7 Å². The molecule has 0 amide bonds. The van der Waals surface area contributed by atoms with Crippen molar-refractivity contribution < 1.29 is 0 Å². The standard InChI is InChI=1S/C24H24N6/c1-17-8-12-19(13-9-17)26-24(23-27-21-6-4-5-7-22(21)28-23)29-25-16-18-10-14-20(15-11-18)30(2)3/h4-16H,1-3H3,(H,26,29)(H,27,28)/b25-16+. The summed E-state index contributed by atoms with van der Waals surface area (Å²) in [6.45, 7) is 2.05. The van der Waals surface area contributed by atoms with Crippen molar-refractivity contribution in [3.8, 4) is 0 Å². The van der Waals surface area contributed by atoms with Gasteiger partial charge in [0.25, 0.3) is 0 Å². The lowest BCUT2D eigenvalue weighted by atomic mass is 10.2. The van der Waals surface area contributed by atoms with Crippen molar-refractivity contribution in [3.05, 3.63) is 89.7 Å². The zero-order valence-corrected chi connectivity index (χ0v) is 17.3. The molecule has 0 aliphatic rings. The molecule has 150 valence electrons. The first-order valence-corrected chi connectivity index (χ1v) is 9.75. The van der Waals surface area contributed by atoms with Crippen molar-refractivity contribution in [2.75, 3.05) is 19.0 Å². The fourth-order valence-electron chi connectivity index (χ4n) is 2.97. The summed E-state index contributed by atoms with van der Waals surface area (Å²) >= 11 is 0. The average molecular weight is 396 g/mol. The van der Waals surface area contributed by atoms with Crippen molar-refractivity contribution in [2.45, 2.75) is 6.92 Å². The van der Waals surface area contributed by atoms with Crippen molar-refractivity contribution >= 4 is 34.5 Å². The van der Waals surface area contributed by atoms with Gasteiger partial charge in [0.1, 0.15) is 0 Å². The first-order valence-electron chi connectivity index (χ1n) is 9.75. The smallest absolute Gasteiger partial charge is 0.190 e. The summed E-state index contributed by atoms with van der Waals surface area (Å²) in [6.07, 6.45) is 1.77. The monoisotopic (exact) mass is 396 g/mol. The highest BCUT2D eigenvalue weighted by Gasteiger charge is 2.09. The molecule has 3 aromatic carbocycles. The number of hydrogen-bond donors (Lipinski definition) is 2. The van der Waals surface area contributed by atoms with Gasteiger partial charge in [0, 0.05) is 19.8 Å². The van der Waals surface area contributed by atoms with E-state index < -0.39 is 0 Å². The van der Waals surface area contributed by atoms with Gasteiger partial charge in [0.2, 0.25) is 0 Å². The Balaban J connectivity index is 1.62. The van der Waals surface area contributed by atoms with Gasteiger partial charge in [-0.2, -0.15) is 5.10 Å². The van der Waals surface area contributed by atoms with E-state index >= 15 is 0 Å². The number of hydrogen-bond acceptors (Lipinski definition) is 4. The highest BCUT2D eigenvalue weighted by Crippen LogP contribution is 2.16. The molecule has 4 aromatic rings. The summed E-state index contributed by atoms with van der Waals surface area (Å²) in [6, 6.07) is 24.1. The summed E-state index contributed by atoms with van der Waals surface area (Å²) in [5.74, 6) is 1.19. The molecule has 0 unspecified atom stereocenters. The minimum atomic E-state index is 0.552. The molecular formula is C24H24N6. The molecule has 0 aliphatic carbocycles. The van der Waals surface area contributed by atoms with Crippen molar-refractivity contribution in [1.82, 2.24) is 15.4 Å². The Hall–Kier alpha value is -3.93. The molecule has 0 saturated heterocycles. The molecule has 1 heterocycles. The maximum atomic E-state index is 4.73. The second-order valence-electron chi connectivity index (χ2n) is 7.25. The molecule has 0 bridgehead atoms. The molecule has 2 N–H and O–H groups in total. The van der Waals surface area contributed by atoms with Gasteiger partial charge >= 0.3 is 0 Å². The number of amidine groups is 1. The normalized spacial score (nSPS) is 11.9. The van der Waals surface area contributed by atoms with Crippen LogP contribution in [0.1, 0.15) is 17.0 Å². The predicted molar refractivity (Wildman–Crippen MR) is 125 cm³/mol. The highest BCUT2D eigenvalue weighted by molar-refractivity contribution is 6.00. The lowest BCUT2D eigenvalue weighted by Crippen LogP contribution is -2.20. The van der Waals surface area contributed by atoms with Gasteiger partial charge in [0.15, 0.2) is 11.7 Å². The number of H-pyrrole nitrogens is 1. The lowest BCUT2D eigenvalue weighted by Gasteiger charge is -2.11. The summed E-state index contributed by atoms with van der Waals surface area (Å²) in [4.78, 5) is 14.8. The number of para-hydroxylation sites is 2. The molecule has 6 heteroatoms. The van der Waals surface area contributed by atoms with Crippen LogP contribution in [-0.4, -0.2) is 36.1 Å². The Morgan fingerprint density at radius 3 is 2.40 bits per heavy atom. The molecule has 0 aliphatic heterocycles. The van der Waals surface area contributed by atoms with Crippen LogP contribution in [0.5, 0.6) is 0 Å². The highest BCUT2D eigenvalue weighted by atomic mass is 15.3. The molecule has 30 heavy (non-hydrogen) atoms. The summed E-state index contributed by atoms with van der Waals surface area (Å²) in [5.41, 5.74) is 9.05. The van der Waals surface area contributed by atoms with Gasteiger partial charge in [-0.15, -0.1) is 0 Å². The quantitative estimate of drug-likeness (QED) is 0.293. The van der Waals surface area contributed by atoms with E-state index in [0.29, 0.717) is 11.7 Å². The minimum absolute atomic E-state index is 0.552. The summed E-state index contributed by atoms with van der Waals surface area (Å²) in [5, 5.41) is 4.40. The van der Waals surface area contributed by atoms with Crippen molar-refractivity contribution in [2.24, 2.45) is 10.1 Å². The van der Waals surface area contributed by atoms with Crippen molar-refractivity contribution in [1.29, 1.82) is 0 Å². The number of aliphatic imine (C=N–C) groups is 1. The zero-order valence-electron chi connectivity index (χ0n) is 17.3. The number of aromatic nitrogens is 2. The van der Waals surface area contributed by atoms with E-state index in [1.165, 1.54) is 5.56 Å². The molecule has 4 rings (SSSR count). The number of fused-ring (bicyclic) bond motifs is 1. The predicted octanol–water partition coefficient (Wildman–Crippen LogP) is 4.64. The largest absolute Gasteiger partial charge is 0.378 e. The third-order valence-corrected chi connectivity index (χ3v) is 4.68. The Kier molecular flexibility index (Phi) is 5.57. The van der Waals surface area contributed by atoms with Gasteiger partial charge < -0.3 is 9.88 Å². The van der Waals surface area contributed by atoms with Crippen LogP contribution in [0.15, 0.2) is 82.9 Å². The average Bonchev–Trinajstić information content (AvgIpc) is 3.19. The number of nitrogens with one attached hydrogen (secondary N) is 2. The van der Waals surface area contributed by atoms with Crippen LogP contribution in [0.2, 0.25) is 0 Å². The molecule has 0 radical (unpaired) electrons. The minimum Gasteiger partial charge on any atom is -0.378 e. The van der Waals surface area contributed by atoms with E-state index in [9.17, 15) is 0 Å². The second-order valence-corrected chi connectivity index (χ2v) is 7.25. The van der Waals surface area contributed by atoms with Gasteiger partial charge in [-0.05, 0) is 48.9 Å². The molecule has 6 nitrogen and oxygen atoms in total. The lowest BCUT2D eigenvalue weighted by molar-refractivity contribution is 1.01. The Bertz CT molecular complexity index is 1150. The maximum absolute atomic E-state index is 4.73. The first kappa shape index (κ1) is 19.4. The number of hydrazone groups is 1. The number of imidazole rings is 1. The van der Waals surface area contributed by atoms with E-state index in [1.54, 1.807) is 6.21 Å². The van der Waals surface area contributed by atoms with Crippen molar-refractivity contribution in [3.63, 3.8) is 0 Å². The first-order chi connectivity index (χ1) is 14.6. The molecule has 0 fully saturated rings. The van der Waals surface area contributed by atoms with E-state index in [2.05, 4.69) is 44.5 Å². The summed E-state index contributed by atoms with van der Waals surface area (Å²) < 4.78 is 0. The van der Waals surface area contributed by atoms with E-state index in [0.717, 1.165) is 28.0 Å². The van der Waals surface area contributed by atoms with E-state index in [1.807, 2.05) is 74.8 Å². The third kappa shape index (κ3) is 4.55. The number of nitrogens with zero attached hydrogens (tertiary/aromatic N) is 4. The van der Waals surface area contributed by atoms with E-state index in [-0.39, 0.29) is 0 Å². The Labute approximate surface area is 176 Å². The number of rotatable bonds is 5. The molecule has 0 spiro atoms. The van der Waals surface area contributed by atoms with Crippen LogP contribution in [0.25, 0.3) is 11.0 Å². The van der Waals surface area contributed by atoms with Gasteiger partial charge in [-0.3, -0.25) is 5.43 Å². The van der Waals surface area contributed by atoms with Crippen LogP contribution < -0.4 is 10.3 Å². The molecule has 1 aromatic heterocycles. The van der Waals surface area contributed by atoms with E-state index in [4.69, 9.17) is 4.99 Å². The third-order valence-electron chi connectivity index (χ3n) is 4.68. The van der Waals surface area contributed by atoms with Crippen LogP contribution in [-0.2, 0) is 0 Å². The zero-order chi connectivity index (χ0) is 20.9. The molecular weight excluding hydrogens is 372 g/mol. The van der Waals surface area contributed by atoms with Gasteiger partial charge in [-0.1, -0.05) is 42.0 Å². The SMILES string of the molecule is Cc1ccc(N=C(N/N=C/c2ccc(N(C)C)cc2)c2nc3ccccc3[nH]2)cc1. The fourth-order valence-corrected chi connectivity index (χ4v) is 2.97. The van der Waals surface area contributed by atoms with Crippen LogP contribution in [0, 0.1) is 6.92 Å². The van der Waals surface area contributed by atoms with Crippen LogP contribution in [0.3, 0.4) is 0 Å². The summed E-state index contributed by atoms with van der Waals surface area (Å²) in [7, 11) is 4.04. The molecule has 0 atom stereocenters. The van der Waals surface area contributed by atoms with Gasteiger partial charge in [0.05, 0.1) is 22.9 Å². The molecule has 0 saturated carbocycles. The Morgan fingerprint density at radius 1 is 0.967 bits per heavy atom. The second kappa shape index (κ2) is 8.61. The van der Waals surface area contributed by atoms with Crippen LogP contribution in [0.4, 0.5) is 11.4 Å². The van der Waals surface area contributed by atoms with Crippen LogP contribution >= 0.6 is 0 Å². The number of aromatic amines is 1.